The van der Waals surface area contributed by atoms with E-state index in [4.69, 9.17) is 0 Å². The van der Waals surface area contributed by atoms with E-state index in [1.165, 1.54) is 12.1 Å². The number of rotatable bonds is 2. The average molecular weight is 268 g/mol. The van der Waals surface area contributed by atoms with Gasteiger partial charge < -0.3 is 5.11 Å². The van der Waals surface area contributed by atoms with Gasteiger partial charge in [-0.3, -0.25) is 9.97 Å². The summed E-state index contributed by atoms with van der Waals surface area (Å²) in [6.45, 7) is 1.65. The second-order valence-corrected chi connectivity index (χ2v) is 4.84. The first kappa shape index (κ1) is 12.7. The lowest BCUT2D eigenvalue weighted by Gasteiger charge is -2.24. The Balaban J connectivity index is 2.20. The highest BCUT2D eigenvalue weighted by molar-refractivity contribution is 5.85. The number of halogens is 1. The first-order valence-corrected chi connectivity index (χ1v) is 6.26. The van der Waals surface area contributed by atoms with E-state index in [0.29, 0.717) is 11.3 Å². The van der Waals surface area contributed by atoms with Gasteiger partial charge in [0.25, 0.3) is 0 Å². The van der Waals surface area contributed by atoms with E-state index in [2.05, 4.69) is 9.97 Å². The molecule has 0 bridgehead atoms. The Bertz CT molecular complexity index is 749. The number of aromatic nitrogens is 2. The van der Waals surface area contributed by atoms with Crippen LogP contribution in [0.3, 0.4) is 0 Å². The van der Waals surface area contributed by atoms with Crippen molar-refractivity contribution in [1.29, 1.82) is 0 Å². The average Bonchev–Trinajstić information content (AvgIpc) is 2.47. The van der Waals surface area contributed by atoms with E-state index in [-0.39, 0.29) is 0 Å². The summed E-state index contributed by atoms with van der Waals surface area (Å²) in [5.41, 5.74) is -0.214. The summed E-state index contributed by atoms with van der Waals surface area (Å²) in [5.74, 6) is -0.427. The fraction of sp³-hybridized carbons (Fsp3) is 0.125. The topological polar surface area (TPSA) is 46.0 Å². The molecule has 2 heterocycles. The van der Waals surface area contributed by atoms with E-state index < -0.39 is 11.4 Å². The number of aliphatic hydroxyl groups is 1. The van der Waals surface area contributed by atoms with Gasteiger partial charge in [0.05, 0.1) is 11.9 Å². The van der Waals surface area contributed by atoms with E-state index in [1.807, 2.05) is 24.3 Å². The van der Waals surface area contributed by atoms with Crippen molar-refractivity contribution in [2.45, 2.75) is 12.5 Å². The molecule has 2 aromatic heterocycles. The zero-order valence-electron chi connectivity index (χ0n) is 10.9. The lowest BCUT2D eigenvalue weighted by atomic mass is 9.88. The van der Waals surface area contributed by atoms with Crippen LogP contribution in [0.25, 0.3) is 10.8 Å². The third kappa shape index (κ3) is 2.04. The molecule has 0 amide bonds. The van der Waals surface area contributed by atoms with Crippen molar-refractivity contribution in [2.75, 3.05) is 0 Å². The van der Waals surface area contributed by atoms with Crippen LogP contribution in [0.1, 0.15) is 18.2 Å². The molecule has 0 saturated heterocycles. The number of fused-ring (bicyclic) bond motifs is 1. The molecule has 20 heavy (non-hydrogen) atoms. The van der Waals surface area contributed by atoms with Crippen LogP contribution in [-0.2, 0) is 5.60 Å². The summed E-state index contributed by atoms with van der Waals surface area (Å²) in [7, 11) is 0. The maximum Gasteiger partial charge on any atom is 0.141 e. The molecule has 0 radical (unpaired) electrons. The molecule has 0 fully saturated rings. The number of nitrogens with zero attached hydrogens (tertiary/aromatic N) is 2. The minimum Gasteiger partial charge on any atom is -0.379 e. The van der Waals surface area contributed by atoms with Gasteiger partial charge >= 0.3 is 0 Å². The van der Waals surface area contributed by atoms with Crippen LogP contribution in [0.2, 0.25) is 0 Å². The molecule has 0 aliphatic heterocycles. The summed E-state index contributed by atoms with van der Waals surface area (Å²) >= 11 is 0. The lowest BCUT2D eigenvalue weighted by molar-refractivity contribution is 0.0988. The van der Waals surface area contributed by atoms with Crippen LogP contribution in [-0.4, -0.2) is 15.1 Å². The predicted octanol–water partition coefficient (Wildman–Crippen LogP) is 3.02. The first-order valence-electron chi connectivity index (χ1n) is 6.26. The van der Waals surface area contributed by atoms with E-state index in [0.717, 1.165) is 17.0 Å². The molecule has 0 spiro atoms. The number of pyridine rings is 2. The van der Waals surface area contributed by atoms with Crippen molar-refractivity contribution >= 4 is 10.8 Å². The Morgan fingerprint density at radius 3 is 2.70 bits per heavy atom. The van der Waals surface area contributed by atoms with Gasteiger partial charge in [-0.1, -0.05) is 18.2 Å². The fourth-order valence-electron chi connectivity index (χ4n) is 2.34. The third-order valence-electron chi connectivity index (χ3n) is 3.43. The molecular formula is C16H13FN2O. The van der Waals surface area contributed by atoms with Crippen molar-refractivity contribution in [3.8, 4) is 0 Å². The Hall–Kier alpha value is -2.33. The van der Waals surface area contributed by atoms with Gasteiger partial charge in [-0.15, -0.1) is 0 Å². The van der Waals surface area contributed by atoms with E-state index in [9.17, 15) is 9.50 Å². The summed E-state index contributed by atoms with van der Waals surface area (Å²) < 4.78 is 13.0. The largest absolute Gasteiger partial charge is 0.379 e. The molecule has 3 aromatic rings. The first-order chi connectivity index (χ1) is 9.59. The molecule has 0 aliphatic carbocycles. The zero-order chi connectivity index (χ0) is 14.2. The van der Waals surface area contributed by atoms with E-state index >= 15 is 0 Å². The van der Waals surface area contributed by atoms with Crippen LogP contribution in [0.5, 0.6) is 0 Å². The van der Waals surface area contributed by atoms with Crippen molar-refractivity contribution in [2.24, 2.45) is 0 Å². The van der Waals surface area contributed by atoms with Crippen LogP contribution in [0.4, 0.5) is 4.39 Å². The Kier molecular flexibility index (Phi) is 2.95. The summed E-state index contributed by atoms with van der Waals surface area (Å²) in [4.78, 5) is 8.09. The molecule has 1 atom stereocenters. The SMILES string of the molecule is CC(O)(c1ccc(F)cn1)c1cccc2ccncc12. The zero-order valence-corrected chi connectivity index (χ0v) is 10.9. The van der Waals surface area contributed by atoms with E-state index in [1.54, 1.807) is 19.3 Å². The number of benzene rings is 1. The van der Waals surface area contributed by atoms with Crippen LogP contribution in [0.15, 0.2) is 55.0 Å². The van der Waals surface area contributed by atoms with Crippen molar-refractivity contribution in [3.63, 3.8) is 0 Å². The smallest absolute Gasteiger partial charge is 0.141 e. The van der Waals surface area contributed by atoms with Gasteiger partial charge in [0.15, 0.2) is 0 Å². The molecular weight excluding hydrogens is 255 g/mol. The van der Waals surface area contributed by atoms with Crippen LogP contribution < -0.4 is 0 Å². The maximum absolute atomic E-state index is 13.0. The normalized spacial score (nSPS) is 14.2. The van der Waals surface area contributed by atoms with Crippen molar-refractivity contribution in [1.82, 2.24) is 9.97 Å². The Labute approximate surface area is 115 Å². The maximum atomic E-state index is 13.0. The van der Waals surface area contributed by atoms with Gasteiger partial charge in [-0.05, 0) is 36.1 Å². The minimum absolute atomic E-state index is 0.398. The minimum atomic E-state index is -1.31. The van der Waals surface area contributed by atoms with Crippen molar-refractivity contribution < 1.29 is 9.50 Å². The molecule has 0 saturated carbocycles. The Morgan fingerprint density at radius 1 is 1.10 bits per heavy atom. The van der Waals surface area contributed by atoms with Gasteiger partial charge in [-0.25, -0.2) is 4.39 Å². The number of hydrogen-bond donors (Lipinski definition) is 1. The van der Waals surface area contributed by atoms with Crippen LogP contribution in [0, 0.1) is 5.82 Å². The summed E-state index contributed by atoms with van der Waals surface area (Å²) in [6, 6.07) is 10.3. The summed E-state index contributed by atoms with van der Waals surface area (Å²) in [6.07, 6.45) is 4.52. The third-order valence-corrected chi connectivity index (χ3v) is 3.43. The second kappa shape index (κ2) is 4.65. The molecule has 3 nitrogen and oxygen atoms in total. The van der Waals surface area contributed by atoms with Crippen molar-refractivity contribution in [3.05, 3.63) is 72.1 Å². The highest BCUT2D eigenvalue weighted by atomic mass is 19.1. The standard InChI is InChI=1S/C16H13FN2O/c1-16(20,15-6-5-12(17)9-19-15)14-4-2-3-11-7-8-18-10-13(11)14/h2-10,20H,1H3. The molecule has 100 valence electrons. The lowest BCUT2D eigenvalue weighted by Crippen LogP contribution is -2.24. The highest BCUT2D eigenvalue weighted by Crippen LogP contribution is 2.32. The molecule has 1 aromatic carbocycles. The molecule has 1 N–H and O–H groups in total. The molecule has 1 unspecified atom stereocenters. The molecule has 3 rings (SSSR count). The number of hydrogen-bond acceptors (Lipinski definition) is 3. The Morgan fingerprint density at radius 2 is 1.95 bits per heavy atom. The van der Waals surface area contributed by atoms with Crippen LogP contribution >= 0.6 is 0 Å². The highest BCUT2D eigenvalue weighted by Gasteiger charge is 2.28. The summed E-state index contributed by atoms with van der Waals surface area (Å²) in [5, 5.41) is 12.7. The quantitative estimate of drug-likeness (QED) is 0.777. The monoisotopic (exact) mass is 268 g/mol. The predicted molar refractivity (Wildman–Crippen MR) is 74.6 cm³/mol. The molecule has 4 heteroatoms. The fourth-order valence-corrected chi connectivity index (χ4v) is 2.34. The van der Waals surface area contributed by atoms with Gasteiger partial charge in [-0.2, -0.15) is 0 Å². The van der Waals surface area contributed by atoms with Gasteiger partial charge in [0, 0.05) is 17.8 Å². The second-order valence-electron chi connectivity index (χ2n) is 4.84. The van der Waals surface area contributed by atoms with Gasteiger partial charge in [0.1, 0.15) is 11.4 Å². The van der Waals surface area contributed by atoms with Gasteiger partial charge in [0.2, 0.25) is 0 Å². The molecule has 0 aliphatic rings.